The Balaban J connectivity index is 1.64. The van der Waals surface area contributed by atoms with Crippen LogP contribution in [0.2, 0.25) is 0 Å². The molecule has 0 spiro atoms. The quantitative estimate of drug-likeness (QED) is 0.456. The normalized spacial score (nSPS) is 11.1. The molecule has 0 aliphatic heterocycles. The molecule has 0 fully saturated rings. The van der Waals surface area contributed by atoms with Gasteiger partial charge in [0.25, 0.3) is 5.91 Å². The molecule has 136 valence electrons. The van der Waals surface area contributed by atoms with Crippen LogP contribution < -0.4 is 5.32 Å². The van der Waals surface area contributed by atoms with Crippen LogP contribution in [-0.2, 0) is 0 Å². The zero-order chi connectivity index (χ0) is 19.1. The van der Waals surface area contributed by atoms with Crippen molar-refractivity contribution < 1.29 is 18.7 Å². The number of aryl methyl sites for hydroxylation is 2. The van der Waals surface area contributed by atoms with E-state index in [-0.39, 0.29) is 11.5 Å². The summed E-state index contributed by atoms with van der Waals surface area (Å²) in [5.41, 5.74) is 4.38. The van der Waals surface area contributed by atoms with E-state index in [4.69, 9.17) is 8.83 Å². The second-order valence-electron chi connectivity index (χ2n) is 6.24. The first kappa shape index (κ1) is 17.4. The van der Waals surface area contributed by atoms with E-state index in [2.05, 4.69) is 26.2 Å². The molecule has 2 N–H and O–H groups in total. The molecule has 0 aliphatic rings. The number of benzene rings is 2. The summed E-state index contributed by atoms with van der Waals surface area (Å²) in [6.45, 7) is 3.95. The lowest BCUT2D eigenvalue weighted by Crippen LogP contribution is -2.10. The van der Waals surface area contributed by atoms with E-state index in [1.165, 1.54) is 6.07 Å². The molecule has 0 atom stereocenters. The van der Waals surface area contributed by atoms with Crippen molar-refractivity contribution in [2.75, 3.05) is 5.32 Å². The van der Waals surface area contributed by atoms with Gasteiger partial charge < -0.3 is 19.3 Å². The number of phenols is 1. The van der Waals surface area contributed by atoms with Gasteiger partial charge in [-0.3, -0.25) is 4.79 Å². The van der Waals surface area contributed by atoms with Crippen LogP contribution in [0.1, 0.15) is 21.7 Å². The molecule has 27 heavy (non-hydrogen) atoms. The fraction of sp³-hybridized carbons (Fsp3) is 0.100. The van der Waals surface area contributed by atoms with Gasteiger partial charge in [-0.15, -0.1) is 0 Å². The number of hydrogen-bond acceptors (Lipinski definition) is 5. The number of carbonyl (C=O) groups excluding carboxylic acids is 1. The van der Waals surface area contributed by atoms with Crippen molar-refractivity contribution in [3.63, 3.8) is 0 Å². The number of aromatic nitrogens is 1. The lowest BCUT2D eigenvalue weighted by Gasteiger charge is -2.06. The fourth-order valence-corrected chi connectivity index (χ4v) is 3.22. The predicted molar refractivity (Wildman–Crippen MR) is 105 cm³/mol. The molecular weight excluding hydrogens is 412 g/mol. The third-order valence-corrected chi connectivity index (χ3v) is 4.53. The number of aromatic hydroxyl groups is 1. The number of oxazole rings is 1. The van der Waals surface area contributed by atoms with E-state index in [1.807, 2.05) is 26.0 Å². The Hall–Kier alpha value is -3.06. The predicted octanol–water partition coefficient (Wildman–Crippen LogP) is 5.43. The smallest absolute Gasteiger partial charge is 0.291 e. The highest BCUT2D eigenvalue weighted by molar-refractivity contribution is 9.10. The lowest BCUT2D eigenvalue weighted by atomic mass is 10.1. The van der Waals surface area contributed by atoms with Gasteiger partial charge in [0.05, 0.1) is 5.56 Å². The van der Waals surface area contributed by atoms with Crippen molar-refractivity contribution in [1.82, 2.24) is 4.98 Å². The van der Waals surface area contributed by atoms with Crippen LogP contribution in [-0.4, -0.2) is 16.0 Å². The first-order valence-corrected chi connectivity index (χ1v) is 8.98. The van der Waals surface area contributed by atoms with Crippen molar-refractivity contribution >= 4 is 38.6 Å². The summed E-state index contributed by atoms with van der Waals surface area (Å²) in [5.74, 6) is 0.0226. The van der Waals surface area contributed by atoms with Crippen LogP contribution in [0.25, 0.3) is 22.6 Å². The topological polar surface area (TPSA) is 88.5 Å². The first-order chi connectivity index (χ1) is 12.9. The molecule has 7 heteroatoms. The van der Waals surface area contributed by atoms with Crippen molar-refractivity contribution in [3.8, 4) is 17.2 Å². The van der Waals surface area contributed by atoms with Gasteiger partial charge in [-0.2, -0.15) is 0 Å². The summed E-state index contributed by atoms with van der Waals surface area (Å²) in [7, 11) is 0. The van der Waals surface area contributed by atoms with Gasteiger partial charge in [-0.25, -0.2) is 4.98 Å². The average molecular weight is 427 g/mol. The number of phenolic OH excluding ortho intramolecular Hbond substituents is 1. The van der Waals surface area contributed by atoms with Crippen LogP contribution in [0.5, 0.6) is 5.75 Å². The van der Waals surface area contributed by atoms with Crippen molar-refractivity contribution in [2.45, 2.75) is 13.8 Å². The number of hydrogen-bond donors (Lipinski definition) is 2. The maximum absolute atomic E-state index is 12.1. The highest BCUT2D eigenvalue weighted by Crippen LogP contribution is 2.34. The molecule has 1 amide bonds. The van der Waals surface area contributed by atoms with Crippen LogP contribution in [0.4, 0.5) is 5.69 Å². The summed E-state index contributed by atoms with van der Waals surface area (Å²) in [6.07, 6.45) is 0. The minimum Gasteiger partial charge on any atom is -0.507 e. The maximum Gasteiger partial charge on any atom is 0.291 e. The molecule has 0 radical (unpaired) electrons. The van der Waals surface area contributed by atoms with E-state index >= 15 is 0 Å². The summed E-state index contributed by atoms with van der Waals surface area (Å²) in [6, 6.07) is 11.9. The molecule has 0 unspecified atom stereocenters. The third kappa shape index (κ3) is 3.33. The SMILES string of the molecule is Cc1cc(C)c2oc(-c3ccc(NC(=O)c4ccc(Br)o4)cc3O)nc2c1. The van der Waals surface area contributed by atoms with Crippen LogP contribution in [0, 0.1) is 13.8 Å². The average Bonchev–Trinajstić information content (AvgIpc) is 3.21. The number of amides is 1. The van der Waals surface area contributed by atoms with E-state index in [1.54, 1.807) is 24.3 Å². The Labute approximate surface area is 163 Å². The van der Waals surface area contributed by atoms with Gasteiger partial charge >= 0.3 is 0 Å². The molecule has 0 aliphatic carbocycles. The first-order valence-electron chi connectivity index (χ1n) is 8.18. The van der Waals surface area contributed by atoms with Gasteiger partial charge in [0, 0.05) is 11.8 Å². The van der Waals surface area contributed by atoms with E-state index in [0.717, 1.165) is 16.6 Å². The second kappa shape index (κ2) is 6.59. The summed E-state index contributed by atoms with van der Waals surface area (Å²) >= 11 is 3.15. The third-order valence-electron chi connectivity index (χ3n) is 4.10. The Morgan fingerprint density at radius 3 is 2.63 bits per heavy atom. The van der Waals surface area contributed by atoms with E-state index in [9.17, 15) is 9.90 Å². The van der Waals surface area contributed by atoms with Gasteiger partial charge in [-0.1, -0.05) is 6.07 Å². The van der Waals surface area contributed by atoms with E-state index in [0.29, 0.717) is 27.4 Å². The molecule has 2 aromatic carbocycles. The second-order valence-corrected chi connectivity index (χ2v) is 7.02. The largest absolute Gasteiger partial charge is 0.507 e. The Morgan fingerprint density at radius 2 is 1.93 bits per heavy atom. The highest BCUT2D eigenvalue weighted by atomic mass is 79.9. The molecule has 2 heterocycles. The van der Waals surface area contributed by atoms with Gasteiger partial charge in [0.15, 0.2) is 16.0 Å². The molecule has 0 saturated carbocycles. The number of furan rings is 1. The molecule has 0 bridgehead atoms. The fourth-order valence-electron chi connectivity index (χ4n) is 2.91. The maximum atomic E-state index is 12.1. The molecule has 4 rings (SSSR count). The molecular formula is C20H15BrN2O4. The Morgan fingerprint density at radius 1 is 1.11 bits per heavy atom. The Bertz CT molecular complexity index is 1180. The number of nitrogens with one attached hydrogen (secondary N) is 1. The number of nitrogens with zero attached hydrogens (tertiary/aromatic N) is 1. The number of fused-ring (bicyclic) bond motifs is 1. The van der Waals surface area contributed by atoms with Crippen molar-refractivity contribution in [3.05, 3.63) is 64.0 Å². The summed E-state index contributed by atoms with van der Waals surface area (Å²) in [5, 5.41) is 13.1. The zero-order valence-corrected chi connectivity index (χ0v) is 16.1. The number of carbonyl (C=O) groups is 1. The number of anilines is 1. The van der Waals surface area contributed by atoms with Crippen LogP contribution in [0.15, 0.2) is 56.0 Å². The van der Waals surface area contributed by atoms with Crippen molar-refractivity contribution in [2.24, 2.45) is 0 Å². The van der Waals surface area contributed by atoms with Gasteiger partial charge in [0.1, 0.15) is 11.3 Å². The van der Waals surface area contributed by atoms with Gasteiger partial charge in [-0.05, 0) is 71.2 Å². The number of halogens is 1. The molecule has 6 nitrogen and oxygen atoms in total. The Kier molecular flexibility index (Phi) is 4.24. The minimum absolute atomic E-state index is 0.0469. The highest BCUT2D eigenvalue weighted by Gasteiger charge is 2.16. The monoisotopic (exact) mass is 426 g/mol. The zero-order valence-electron chi connectivity index (χ0n) is 14.5. The molecule has 2 aromatic heterocycles. The van der Waals surface area contributed by atoms with E-state index < -0.39 is 5.91 Å². The summed E-state index contributed by atoms with van der Waals surface area (Å²) < 4.78 is 11.5. The van der Waals surface area contributed by atoms with Gasteiger partial charge in [0.2, 0.25) is 5.89 Å². The van der Waals surface area contributed by atoms with Crippen LogP contribution in [0.3, 0.4) is 0 Å². The molecule has 0 saturated heterocycles. The van der Waals surface area contributed by atoms with Crippen molar-refractivity contribution in [1.29, 1.82) is 0 Å². The summed E-state index contributed by atoms with van der Waals surface area (Å²) in [4.78, 5) is 16.6. The standard InChI is InChI=1S/C20H15BrN2O4/c1-10-7-11(2)18-14(8-10)23-20(27-18)13-4-3-12(9-15(13)24)22-19(25)16-5-6-17(21)26-16/h3-9,24H,1-2H3,(H,22,25). The molecule has 4 aromatic rings. The lowest BCUT2D eigenvalue weighted by molar-refractivity contribution is 0.0995. The van der Waals surface area contributed by atoms with Crippen LogP contribution >= 0.6 is 15.9 Å². The minimum atomic E-state index is -0.416. The number of rotatable bonds is 3.